The van der Waals surface area contributed by atoms with Crippen molar-refractivity contribution in [2.45, 2.75) is 46.1 Å². The second kappa shape index (κ2) is 12.5. The molecule has 0 aliphatic heterocycles. The van der Waals surface area contributed by atoms with E-state index in [4.69, 9.17) is 8.83 Å². The average molecular weight is 568 g/mol. The third-order valence-corrected chi connectivity index (χ3v) is 7.02. The third-order valence-electron chi connectivity index (χ3n) is 7.02. The van der Waals surface area contributed by atoms with Crippen molar-refractivity contribution in [3.05, 3.63) is 106 Å². The number of aryl methyl sites for hydroxylation is 1. The van der Waals surface area contributed by atoms with Gasteiger partial charge in [-0.1, -0.05) is 67.9 Å². The molecule has 11 heteroatoms. The first-order chi connectivity index (χ1) is 20.4. The SMILES string of the molecule is CCCCC(=O)N(Cc1ccc(-c2ccccc2-c2nnn[nH]2)cc1)c1cccc(C(=O)O)c1Cc1oc(=O)oc1C. The Bertz CT molecular complexity index is 1760. The molecule has 0 radical (unpaired) electrons. The summed E-state index contributed by atoms with van der Waals surface area (Å²) in [5.41, 5.74) is 4.38. The van der Waals surface area contributed by atoms with Gasteiger partial charge in [0.05, 0.1) is 12.1 Å². The highest BCUT2D eigenvalue weighted by atomic mass is 16.6. The number of aromatic amines is 1. The molecule has 0 saturated carbocycles. The maximum atomic E-state index is 13.6. The highest BCUT2D eigenvalue weighted by Gasteiger charge is 2.25. The molecule has 2 heterocycles. The van der Waals surface area contributed by atoms with Gasteiger partial charge in [-0.3, -0.25) is 4.79 Å². The molecule has 0 aliphatic carbocycles. The number of anilines is 1. The Morgan fingerprint density at radius 3 is 2.38 bits per heavy atom. The fraction of sp³-hybridized carbons (Fsp3) is 0.226. The second-order valence-corrected chi connectivity index (χ2v) is 9.79. The lowest BCUT2D eigenvalue weighted by Crippen LogP contribution is -2.31. The number of tetrazole rings is 1. The van der Waals surface area contributed by atoms with Gasteiger partial charge >= 0.3 is 11.8 Å². The Morgan fingerprint density at radius 1 is 0.976 bits per heavy atom. The molecule has 0 saturated heterocycles. The van der Waals surface area contributed by atoms with Crippen LogP contribution in [0.15, 0.2) is 80.4 Å². The summed E-state index contributed by atoms with van der Waals surface area (Å²) in [5, 5.41) is 24.2. The number of carbonyl (C=O) groups excluding carboxylic acids is 1. The van der Waals surface area contributed by atoms with Gasteiger partial charge in [-0.2, -0.15) is 0 Å². The Hall–Kier alpha value is -5.32. The number of H-pyrrole nitrogens is 1. The number of rotatable bonds is 11. The van der Waals surface area contributed by atoms with Gasteiger partial charge in [0.2, 0.25) is 5.91 Å². The van der Waals surface area contributed by atoms with Gasteiger partial charge in [0, 0.05) is 24.1 Å². The average Bonchev–Trinajstić information content (AvgIpc) is 3.64. The fourth-order valence-electron chi connectivity index (χ4n) is 4.87. The van der Waals surface area contributed by atoms with Gasteiger partial charge in [-0.25, -0.2) is 14.7 Å². The number of nitrogens with zero attached hydrogens (tertiary/aromatic N) is 4. The molecule has 0 spiro atoms. The topological polar surface area (TPSA) is 155 Å². The van der Waals surface area contributed by atoms with Crippen molar-refractivity contribution >= 4 is 17.6 Å². The third kappa shape index (κ3) is 6.04. The highest BCUT2D eigenvalue weighted by molar-refractivity contribution is 5.98. The van der Waals surface area contributed by atoms with E-state index in [0.29, 0.717) is 29.9 Å². The molecule has 0 atom stereocenters. The lowest BCUT2D eigenvalue weighted by molar-refractivity contribution is -0.118. The van der Waals surface area contributed by atoms with Crippen LogP contribution < -0.4 is 10.7 Å². The van der Waals surface area contributed by atoms with Crippen molar-refractivity contribution in [2.75, 3.05) is 4.90 Å². The summed E-state index contributed by atoms with van der Waals surface area (Å²) in [5.74, 6) is -1.14. The van der Waals surface area contributed by atoms with Gasteiger partial charge in [-0.05, 0) is 58.2 Å². The van der Waals surface area contributed by atoms with Crippen LogP contribution in [0.4, 0.5) is 5.69 Å². The molecular weight excluding hydrogens is 538 g/mol. The minimum Gasteiger partial charge on any atom is -0.478 e. The molecule has 11 nitrogen and oxygen atoms in total. The van der Waals surface area contributed by atoms with Crippen molar-refractivity contribution in [3.63, 3.8) is 0 Å². The van der Waals surface area contributed by atoms with Crippen molar-refractivity contribution in [2.24, 2.45) is 0 Å². The van der Waals surface area contributed by atoms with E-state index in [-0.39, 0.29) is 36.0 Å². The Balaban J connectivity index is 1.52. The molecule has 0 fully saturated rings. The van der Waals surface area contributed by atoms with Crippen molar-refractivity contribution < 1.29 is 23.5 Å². The molecule has 0 bridgehead atoms. The maximum absolute atomic E-state index is 13.6. The van der Waals surface area contributed by atoms with E-state index in [0.717, 1.165) is 28.7 Å². The van der Waals surface area contributed by atoms with E-state index >= 15 is 0 Å². The maximum Gasteiger partial charge on any atom is 0.519 e. The van der Waals surface area contributed by atoms with E-state index in [2.05, 4.69) is 20.6 Å². The van der Waals surface area contributed by atoms with Crippen LogP contribution in [0, 0.1) is 6.92 Å². The summed E-state index contributed by atoms with van der Waals surface area (Å²) in [6.45, 7) is 3.79. The van der Waals surface area contributed by atoms with E-state index in [9.17, 15) is 19.5 Å². The number of unbranched alkanes of at least 4 members (excludes halogenated alkanes) is 1. The van der Waals surface area contributed by atoms with Crippen molar-refractivity contribution in [1.82, 2.24) is 20.6 Å². The van der Waals surface area contributed by atoms with Crippen molar-refractivity contribution in [3.8, 4) is 22.5 Å². The standard InChI is InChI=1S/C31H29N5O6/c1-3-4-12-28(37)36(26-11-7-10-24(30(38)39)25(26)17-27-19(2)41-31(40)42-27)18-20-13-15-21(16-14-20)22-8-5-6-9-23(22)29-32-34-35-33-29/h5-11,13-16H,3-4,12,17-18H2,1-2H3,(H,38,39)(H,32,33,34,35). The Morgan fingerprint density at radius 2 is 1.74 bits per heavy atom. The number of aromatic carboxylic acids is 1. The molecule has 2 N–H and O–H groups in total. The van der Waals surface area contributed by atoms with Gasteiger partial charge in [-0.15, -0.1) is 5.10 Å². The molecule has 214 valence electrons. The van der Waals surface area contributed by atoms with E-state index in [1.807, 2.05) is 55.5 Å². The number of amides is 1. The lowest BCUT2D eigenvalue weighted by atomic mass is 9.97. The molecule has 5 rings (SSSR count). The zero-order chi connectivity index (χ0) is 29.6. The number of carbonyl (C=O) groups is 2. The van der Waals surface area contributed by atoms with Crippen LogP contribution in [0.3, 0.4) is 0 Å². The predicted molar refractivity (Wildman–Crippen MR) is 154 cm³/mol. The van der Waals surface area contributed by atoms with Gasteiger partial charge < -0.3 is 18.8 Å². The highest BCUT2D eigenvalue weighted by Crippen LogP contribution is 2.32. The van der Waals surface area contributed by atoms with Gasteiger partial charge in [0.25, 0.3) is 0 Å². The van der Waals surface area contributed by atoms with Crippen LogP contribution in [0.5, 0.6) is 0 Å². The molecular formula is C31H29N5O6. The van der Waals surface area contributed by atoms with Crippen LogP contribution in [0.1, 0.15) is 59.2 Å². The number of nitrogens with one attached hydrogen (secondary N) is 1. The molecule has 42 heavy (non-hydrogen) atoms. The van der Waals surface area contributed by atoms with Gasteiger partial charge in [0.15, 0.2) is 11.6 Å². The van der Waals surface area contributed by atoms with Gasteiger partial charge in [0.1, 0.15) is 5.76 Å². The summed E-state index contributed by atoms with van der Waals surface area (Å²) >= 11 is 0. The Labute approximate surface area is 240 Å². The number of hydrogen-bond acceptors (Lipinski definition) is 8. The second-order valence-electron chi connectivity index (χ2n) is 9.79. The van der Waals surface area contributed by atoms with E-state index in [1.54, 1.807) is 24.0 Å². The molecule has 0 unspecified atom stereocenters. The van der Waals surface area contributed by atoms with Crippen LogP contribution in [0.25, 0.3) is 22.5 Å². The van der Waals surface area contributed by atoms with Crippen molar-refractivity contribution in [1.29, 1.82) is 0 Å². The summed E-state index contributed by atoms with van der Waals surface area (Å²) in [6.07, 6.45) is 1.78. The fourth-order valence-corrected chi connectivity index (χ4v) is 4.87. The zero-order valence-electron chi connectivity index (χ0n) is 23.2. The van der Waals surface area contributed by atoms with Crippen LogP contribution in [0.2, 0.25) is 0 Å². The molecule has 2 aromatic heterocycles. The predicted octanol–water partition coefficient (Wildman–Crippen LogP) is 5.40. The number of carboxylic acid groups (broad SMARTS) is 1. The van der Waals surface area contributed by atoms with Crippen LogP contribution in [-0.4, -0.2) is 37.6 Å². The smallest absolute Gasteiger partial charge is 0.478 e. The minimum atomic E-state index is -1.15. The largest absolute Gasteiger partial charge is 0.519 e. The normalized spacial score (nSPS) is 11.0. The van der Waals surface area contributed by atoms with E-state index < -0.39 is 11.8 Å². The van der Waals surface area contributed by atoms with E-state index in [1.165, 1.54) is 6.07 Å². The summed E-state index contributed by atoms with van der Waals surface area (Å²) in [6, 6.07) is 20.4. The molecule has 0 aliphatic rings. The van der Waals surface area contributed by atoms with Crippen LogP contribution in [-0.2, 0) is 17.8 Å². The summed E-state index contributed by atoms with van der Waals surface area (Å²) in [4.78, 5) is 39.1. The first kappa shape index (κ1) is 28.2. The number of aromatic nitrogens is 4. The minimum absolute atomic E-state index is 0.0119. The quantitative estimate of drug-likeness (QED) is 0.213. The first-order valence-electron chi connectivity index (χ1n) is 13.5. The zero-order valence-corrected chi connectivity index (χ0v) is 23.2. The monoisotopic (exact) mass is 567 g/mol. The molecule has 5 aromatic rings. The number of benzene rings is 3. The molecule has 3 aromatic carbocycles. The molecule has 1 amide bonds. The van der Waals surface area contributed by atoms with Crippen LogP contribution >= 0.6 is 0 Å². The lowest BCUT2D eigenvalue weighted by Gasteiger charge is -2.26. The first-order valence-corrected chi connectivity index (χ1v) is 13.5. The summed E-state index contributed by atoms with van der Waals surface area (Å²) < 4.78 is 10.2. The summed E-state index contributed by atoms with van der Waals surface area (Å²) in [7, 11) is 0. The Kier molecular flexibility index (Phi) is 8.37. The number of hydrogen-bond donors (Lipinski definition) is 2. The number of carboxylic acids is 1.